The minimum absolute atomic E-state index is 0.0605. The normalized spacial score (nSPS) is 15.9. The maximum Gasteiger partial charge on any atom is 0.494 e. The molecule has 238 valence electrons. The van der Waals surface area contributed by atoms with Crippen LogP contribution in [0.1, 0.15) is 79.1 Å². The standard InChI is InChI=1S/C29H42BNO12/c1-10-37-22-13-19(30-42-28(6,7)29(8,9)43-30)11-12-20(22)24(33)31-21(27(36)41-16-40-26(35)18(4)5)14-23(32)38-15-39-25(34)17(2)3/h11-13,17-18,21H,10,14-16H2,1-9H3,(H,31,33)/t21-/m0/s1. The fraction of sp³-hybridized carbons (Fsp3) is 0.621. The first kappa shape index (κ1) is 35.6. The number of ether oxygens (including phenoxy) is 5. The van der Waals surface area contributed by atoms with Crippen LogP contribution in [0.25, 0.3) is 0 Å². The molecule has 1 aromatic carbocycles. The topological polar surface area (TPSA) is 162 Å². The molecule has 1 saturated heterocycles. The first-order valence-corrected chi connectivity index (χ1v) is 14.1. The van der Waals surface area contributed by atoms with Gasteiger partial charge in [0.1, 0.15) is 11.8 Å². The Morgan fingerprint density at radius 2 is 1.33 bits per heavy atom. The van der Waals surface area contributed by atoms with E-state index < -0.39 is 86.0 Å². The van der Waals surface area contributed by atoms with Gasteiger partial charge in [-0.1, -0.05) is 33.8 Å². The Labute approximate surface area is 252 Å². The van der Waals surface area contributed by atoms with Crippen molar-refractivity contribution in [3.8, 4) is 5.75 Å². The Bertz CT molecular complexity index is 1160. The molecule has 43 heavy (non-hydrogen) atoms. The predicted molar refractivity (Wildman–Crippen MR) is 153 cm³/mol. The summed E-state index contributed by atoms with van der Waals surface area (Å²) in [6.07, 6.45) is -0.669. The summed E-state index contributed by atoms with van der Waals surface area (Å²) in [4.78, 5) is 62.0. The van der Waals surface area contributed by atoms with Crippen LogP contribution in [0.4, 0.5) is 0 Å². The van der Waals surface area contributed by atoms with Crippen LogP contribution in [-0.2, 0) is 47.4 Å². The van der Waals surface area contributed by atoms with Crippen LogP contribution >= 0.6 is 0 Å². The van der Waals surface area contributed by atoms with Gasteiger partial charge in [-0.25, -0.2) is 4.79 Å². The number of hydrogen-bond acceptors (Lipinski definition) is 12. The smallest absolute Gasteiger partial charge is 0.493 e. The van der Waals surface area contributed by atoms with Crippen LogP contribution in [0.2, 0.25) is 0 Å². The molecule has 1 aliphatic rings. The van der Waals surface area contributed by atoms with Crippen molar-refractivity contribution in [2.45, 2.75) is 86.0 Å². The molecule has 0 saturated carbocycles. The highest BCUT2D eigenvalue weighted by Crippen LogP contribution is 2.36. The van der Waals surface area contributed by atoms with Gasteiger partial charge >= 0.3 is 31.0 Å². The van der Waals surface area contributed by atoms with E-state index in [2.05, 4.69) is 5.32 Å². The molecule has 0 bridgehead atoms. The van der Waals surface area contributed by atoms with Crippen molar-refractivity contribution in [2.24, 2.45) is 11.8 Å². The molecule has 0 aliphatic carbocycles. The van der Waals surface area contributed by atoms with E-state index in [-0.39, 0.29) is 17.9 Å². The zero-order chi connectivity index (χ0) is 32.5. The molecule has 0 radical (unpaired) electrons. The molecule has 0 aromatic heterocycles. The number of rotatable bonds is 14. The Morgan fingerprint density at radius 3 is 1.84 bits per heavy atom. The number of hydrogen-bond donors (Lipinski definition) is 1. The summed E-state index contributed by atoms with van der Waals surface area (Å²) in [7, 11) is -0.711. The summed E-state index contributed by atoms with van der Waals surface area (Å²) in [5.41, 5.74) is -0.497. The number of carbonyl (C=O) groups excluding carboxylic acids is 5. The molecule has 1 aliphatic heterocycles. The van der Waals surface area contributed by atoms with Gasteiger partial charge in [-0.05, 0) is 52.2 Å². The Hall–Kier alpha value is -3.65. The lowest BCUT2D eigenvalue weighted by molar-refractivity contribution is -0.175. The maximum absolute atomic E-state index is 13.4. The zero-order valence-corrected chi connectivity index (χ0v) is 26.3. The molecule has 1 fully saturated rings. The molecule has 1 N–H and O–H groups in total. The van der Waals surface area contributed by atoms with Crippen molar-refractivity contribution in [1.82, 2.24) is 5.32 Å². The van der Waals surface area contributed by atoms with E-state index in [4.69, 9.17) is 33.0 Å². The third kappa shape index (κ3) is 9.96. The Kier molecular flexibility index (Phi) is 12.6. The van der Waals surface area contributed by atoms with Crippen molar-refractivity contribution >= 4 is 42.4 Å². The maximum atomic E-state index is 13.4. The lowest BCUT2D eigenvalue weighted by atomic mass is 9.78. The van der Waals surface area contributed by atoms with Crippen LogP contribution in [0.3, 0.4) is 0 Å². The second-order valence-electron chi connectivity index (χ2n) is 11.5. The highest BCUT2D eigenvalue weighted by atomic mass is 16.7. The van der Waals surface area contributed by atoms with Gasteiger partial charge in [0.25, 0.3) is 5.91 Å². The van der Waals surface area contributed by atoms with E-state index in [9.17, 15) is 24.0 Å². The van der Waals surface area contributed by atoms with E-state index in [1.54, 1.807) is 46.8 Å². The summed E-state index contributed by atoms with van der Waals surface area (Å²) in [6, 6.07) is 3.18. The van der Waals surface area contributed by atoms with Gasteiger partial charge in [0, 0.05) is 0 Å². The molecule has 2 rings (SSSR count). The van der Waals surface area contributed by atoms with E-state index in [1.165, 1.54) is 6.07 Å². The minimum Gasteiger partial charge on any atom is -0.493 e. The number of benzene rings is 1. The first-order chi connectivity index (χ1) is 20.0. The van der Waals surface area contributed by atoms with Gasteiger partial charge in [-0.3, -0.25) is 19.2 Å². The second kappa shape index (κ2) is 15.2. The van der Waals surface area contributed by atoms with Crippen molar-refractivity contribution in [2.75, 3.05) is 20.2 Å². The molecule has 0 unspecified atom stereocenters. The summed E-state index contributed by atoms with van der Waals surface area (Å²) in [5, 5.41) is 2.45. The number of carbonyl (C=O) groups is 5. The molecule has 1 amide bonds. The average molecular weight is 607 g/mol. The van der Waals surface area contributed by atoms with Crippen molar-refractivity contribution in [1.29, 1.82) is 0 Å². The Balaban J connectivity index is 2.22. The van der Waals surface area contributed by atoms with E-state index in [0.29, 0.717) is 5.46 Å². The summed E-state index contributed by atoms with van der Waals surface area (Å²) < 4.78 is 37.5. The monoisotopic (exact) mass is 607 g/mol. The minimum atomic E-state index is -1.55. The fourth-order valence-electron chi connectivity index (χ4n) is 3.51. The molecule has 13 nitrogen and oxygen atoms in total. The highest BCUT2D eigenvalue weighted by molar-refractivity contribution is 6.62. The van der Waals surface area contributed by atoms with Gasteiger partial charge in [-0.15, -0.1) is 0 Å². The van der Waals surface area contributed by atoms with Gasteiger partial charge in [0.05, 0.1) is 41.6 Å². The van der Waals surface area contributed by atoms with Gasteiger partial charge < -0.3 is 38.3 Å². The van der Waals surface area contributed by atoms with E-state index >= 15 is 0 Å². The third-order valence-electron chi connectivity index (χ3n) is 6.80. The van der Waals surface area contributed by atoms with Crippen molar-refractivity contribution < 1.29 is 57.0 Å². The van der Waals surface area contributed by atoms with E-state index in [0.717, 1.165) is 0 Å². The number of esters is 4. The highest BCUT2D eigenvalue weighted by Gasteiger charge is 2.51. The predicted octanol–water partition coefficient (Wildman–Crippen LogP) is 2.27. The lowest BCUT2D eigenvalue weighted by Crippen LogP contribution is -2.44. The molecule has 1 aromatic rings. The van der Waals surface area contributed by atoms with Gasteiger partial charge in [0.2, 0.25) is 13.6 Å². The number of nitrogens with one attached hydrogen (secondary N) is 1. The second-order valence-corrected chi connectivity index (χ2v) is 11.5. The van der Waals surface area contributed by atoms with Gasteiger partial charge in [-0.2, -0.15) is 0 Å². The van der Waals surface area contributed by atoms with Crippen LogP contribution in [0, 0.1) is 11.8 Å². The first-order valence-electron chi connectivity index (χ1n) is 14.1. The van der Waals surface area contributed by atoms with Crippen LogP contribution < -0.4 is 15.5 Å². The molecule has 0 spiro atoms. The quantitative estimate of drug-likeness (QED) is 0.187. The zero-order valence-electron chi connectivity index (χ0n) is 26.3. The molecular formula is C29H42BNO12. The molecular weight excluding hydrogens is 565 g/mol. The molecule has 1 heterocycles. The molecule has 1 atom stereocenters. The van der Waals surface area contributed by atoms with Crippen molar-refractivity contribution in [3.63, 3.8) is 0 Å². The summed E-state index contributed by atoms with van der Waals surface area (Å²) in [6.45, 7) is 14.6. The largest absolute Gasteiger partial charge is 0.494 e. The summed E-state index contributed by atoms with van der Waals surface area (Å²) >= 11 is 0. The lowest BCUT2D eigenvalue weighted by Gasteiger charge is -2.32. The molecule has 14 heteroatoms. The van der Waals surface area contributed by atoms with Gasteiger partial charge in [0.15, 0.2) is 0 Å². The van der Waals surface area contributed by atoms with Crippen LogP contribution in [0.5, 0.6) is 5.75 Å². The number of amides is 1. The van der Waals surface area contributed by atoms with Crippen LogP contribution in [0.15, 0.2) is 18.2 Å². The van der Waals surface area contributed by atoms with Crippen molar-refractivity contribution in [3.05, 3.63) is 23.8 Å². The SMILES string of the molecule is CCOc1cc(B2OC(C)(C)C(C)(C)O2)ccc1C(=O)N[C@@H](CC(=O)OCOC(=O)C(C)C)C(=O)OCOC(=O)C(C)C. The third-order valence-corrected chi connectivity index (χ3v) is 6.80. The van der Waals surface area contributed by atoms with Crippen LogP contribution in [-0.4, -0.2) is 74.3 Å². The fourth-order valence-corrected chi connectivity index (χ4v) is 3.51. The van der Waals surface area contributed by atoms with E-state index in [1.807, 2.05) is 27.7 Å². The average Bonchev–Trinajstić information content (AvgIpc) is 3.14. The summed E-state index contributed by atoms with van der Waals surface area (Å²) in [5.74, 6) is -4.69. The Morgan fingerprint density at radius 1 is 0.814 bits per heavy atom.